The second kappa shape index (κ2) is 7.65. The Hall–Kier alpha value is -0.610. The van der Waals surface area contributed by atoms with E-state index in [4.69, 9.17) is 9.47 Å². The lowest BCUT2D eigenvalue weighted by molar-refractivity contribution is -0.130. The Morgan fingerprint density at radius 2 is 2.00 bits per heavy atom. The zero-order chi connectivity index (χ0) is 11.7. The summed E-state index contributed by atoms with van der Waals surface area (Å²) in [6.07, 6.45) is 0.842. The molecule has 0 aromatic carbocycles. The SMILES string of the molecule is CCOCCCNC(=O)COC(C)(C)C. The largest absolute Gasteiger partial charge is 0.382 e. The molecule has 0 radical (unpaired) electrons. The van der Waals surface area contributed by atoms with Crippen molar-refractivity contribution in [2.75, 3.05) is 26.4 Å². The van der Waals surface area contributed by atoms with Crippen molar-refractivity contribution in [2.45, 2.75) is 39.7 Å². The fourth-order valence-corrected chi connectivity index (χ4v) is 0.879. The Kier molecular flexibility index (Phi) is 7.34. The van der Waals surface area contributed by atoms with Crippen molar-refractivity contribution in [3.63, 3.8) is 0 Å². The summed E-state index contributed by atoms with van der Waals surface area (Å²) < 4.78 is 10.5. The van der Waals surface area contributed by atoms with E-state index in [9.17, 15) is 4.79 Å². The molecule has 0 aromatic rings. The Bertz CT molecular complexity index is 175. The first kappa shape index (κ1) is 14.4. The minimum Gasteiger partial charge on any atom is -0.382 e. The van der Waals surface area contributed by atoms with Gasteiger partial charge in [0.25, 0.3) is 0 Å². The lowest BCUT2D eigenvalue weighted by atomic mass is 10.2. The van der Waals surface area contributed by atoms with Gasteiger partial charge in [-0.15, -0.1) is 0 Å². The van der Waals surface area contributed by atoms with Crippen molar-refractivity contribution in [1.82, 2.24) is 5.32 Å². The molecule has 0 aliphatic carbocycles. The molecule has 1 N–H and O–H groups in total. The summed E-state index contributed by atoms with van der Waals surface area (Å²) in [6, 6.07) is 0. The van der Waals surface area contributed by atoms with Gasteiger partial charge >= 0.3 is 0 Å². The quantitative estimate of drug-likeness (QED) is 0.655. The molecule has 0 aromatic heterocycles. The van der Waals surface area contributed by atoms with Gasteiger partial charge in [-0.3, -0.25) is 4.79 Å². The van der Waals surface area contributed by atoms with Gasteiger partial charge in [-0.1, -0.05) is 0 Å². The predicted octanol–water partition coefficient (Wildman–Crippen LogP) is 1.34. The van der Waals surface area contributed by atoms with E-state index in [2.05, 4.69) is 5.32 Å². The maximum Gasteiger partial charge on any atom is 0.246 e. The summed E-state index contributed by atoms with van der Waals surface area (Å²) in [5.41, 5.74) is -0.261. The monoisotopic (exact) mass is 217 g/mol. The smallest absolute Gasteiger partial charge is 0.246 e. The minimum atomic E-state index is -0.261. The van der Waals surface area contributed by atoms with Crippen molar-refractivity contribution in [3.8, 4) is 0 Å². The second-order valence-electron chi connectivity index (χ2n) is 4.30. The average molecular weight is 217 g/mol. The molecule has 0 heterocycles. The van der Waals surface area contributed by atoms with Crippen LogP contribution in [0.4, 0.5) is 0 Å². The number of rotatable bonds is 7. The maximum atomic E-state index is 11.2. The van der Waals surface area contributed by atoms with Crippen molar-refractivity contribution >= 4 is 5.91 Å². The Balaban J connectivity index is 3.34. The van der Waals surface area contributed by atoms with Gasteiger partial charge in [-0.25, -0.2) is 0 Å². The van der Waals surface area contributed by atoms with E-state index in [1.54, 1.807) is 0 Å². The number of hydrogen-bond acceptors (Lipinski definition) is 3. The zero-order valence-corrected chi connectivity index (χ0v) is 10.3. The van der Waals surface area contributed by atoms with Gasteiger partial charge in [0.1, 0.15) is 6.61 Å². The molecule has 0 unspecified atom stereocenters. The molecule has 0 bridgehead atoms. The van der Waals surface area contributed by atoms with E-state index in [1.165, 1.54) is 0 Å². The summed E-state index contributed by atoms with van der Waals surface area (Å²) in [5.74, 6) is -0.0681. The molecule has 0 saturated carbocycles. The van der Waals surface area contributed by atoms with Crippen LogP contribution in [-0.4, -0.2) is 37.9 Å². The summed E-state index contributed by atoms with van der Waals surface area (Å²) in [5, 5.41) is 2.77. The van der Waals surface area contributed by atoms with E-state index in [-0.39, 0.29) is 18.1 Å². The number of amides is 1. The number of nitrogens with one attached hydrogen (secondary N) is 1. The molecular weight excluding hydrogens is 194 g/mol. The van der Waals surface area contributed by atoms with Crippen LogP contribution < -0.4 is 5.32 Å². The topological polar surface area (TPSA) is 47.6 Å². The van der Waals surface area contributed by atoms with Crippen LogP contribution in [0.3, 0.4) is 0 Å². The first-order valence-corrected chi connectivity index (χ1v) is 5.44. The van der Waals surface area contributed by atoms with Gasteiger partial charge in [0.05, 0.1) is 5.60 Å². The third kappa shape index (κ3) is 11.3. The van der Waals surface area contributed by atoms with Gasteiger partial charge < -0.3 is 14.8 Å². The number of carbonyl (C=O) groups excluding carboxylic acids is 1. The maximum absolute atomic E-state index is 11.2. The van der Waals surface area contributed by atoms with Crippen molar-refractivity contribution in [3.05, 3.63) is 0 Å². The lowest BCUT2D eigenvalue weighted by Gasteiger charge is -2.18. The van der Waals surface area contributed by atoms with E-state index in [0.29, 0.717) is 13.2 Å². The van der Waals surface area contributed by atoms with Gasteiger partial charge in [0, 0.05) is 19.8 Å². The van der Waals surface area contributed by atoms with Gasteiger partial charge in [-0.2, -0.15) is 0 Å². The predicted molar refractivity (Wildman–Crippen MR) is 59.8 cm³/mol. The van der Waals surface area contributed by atoms with E-state index in [1.807, 2.05) is 27.7 Å². The van der Waals surface area contributed by atoms with Crippen LogP contribution in [0.25, 0.3) is 0 Å². The molecule has 15 heavy (non-hydrogen) atoms. The molecule has 1 amide bonds. The zero-order valence-electron chi connectivity index (χ0n) is 10.3. The molecule has 90 valence electrons. The van der Waals surface area contributed by atoms with E-state index < -0.39 is 0 Å². The molecule has 0 aliphatic heterocycles. The van der Waals surface area contributed by atoms with Crippen LogP contribution in [0.5, 0.6) is 0 Å². The first-order chi connectivity index (χ1) is 6.95. The standard InChI is InChI=1S/C11H23NO3/c1-5-14-8-6-7-12-10(13)9-15-11(2,3)4/h5-9H2,1-4H3,(H,12,13). The van der Waals surface area contributed by atoms with Crippen LogP contribution in [0, 0.1) is 0 Å². The van der Waals surface area contributed by atoms with Gasteiger partial charge in [0.15, 0.2) is 0 Å². The highest BCUT2D eigenvalue weighted by atomic mass is 16.5. The summed E-state index contributed by atoms with van der Waals surface area (Å²) in [6.45, 7) is 9.91. The fraction of sp³-hybridized carbons (Fsp3) is 0.909. The molecule has 4 nitrogen and oxygen atoms in total. The molecule has 0 atom stereocenters. The normalized spacial score (nSPS) is 11.5. The van der Waals surface area contributed by atoms with E-state index in [0.717, 1.165) is 13.0 Å². The molecule has 0 saturated heterocycles. The molecule has 0 fully saturated rings. The molecular formula is C11H23NO3. The third-order valence-corrected chi connectivity index (χ3v) is 1.63. The van der Waals surface area contributed by atoms with Crippen LogP contribution in [0.15, 0.2) is 0 Å². The fourth-order valence-electron chi connectivity index (χ4n) is 0.879. The third-order valence-electron chi connectivity index (χ3n) is 1.63. The van der Waals surface area contributed by atoms with Crippen molar-refractivity contribution in [1.29, 1.82) is 0 Å². The van der Waals surface area contributed by atoms with Gasteiger partial charge in [-0.05, 0) is 34.1 Å². The minimum absolute atomic E-state index is 0.0681. The number of ether oxygens (including phenoxy) is 2. The summed E-state index contributed by atoms with van der Waals surface area (Å²) >= 11 is 0. The summed E-state index contributed by atoms with van der Waals surface area (Å²) in [4.78, 5) is 11.2. The number of hydrogen-bond donors (Lipinski definition) is 1. The highest BCUT2D eigenvalue weighted by Crippen LogP contribution is 2.05. The molecule has 0 spiro atoms. The Morgan fingerprint density at radius 3 is 2.53 bits per heavy atom. The van der Waals surface area contributed by atoms with Crippen LogP contribution >= 0.6 is 0 Å². The average Bonchev–Trinajstić information content (AvgIpc) is 2.13. The Labute approximate surface area is 92.3 Å². The molecule has 4 heteroatoms. The van der Waals surface area contributed by atoms with Crippen LogP contribution in [-0.2, 0) is 14.3 Å². The highest BCUT2D eigenvalue weighted by Gasteiger charge is 2.12. The highest BCUT2D eigenvalue weighted by molar-refractivity contribution is 5.77. The lowest BCUT2D eigenvalue weighted by Crippen LogP contribution is -2.32. The van der Waals surface area contributed by atoms with E-state index >= 15 is 0 Å². The second-order valence-corrected chi connectivity index (χ2v) is 4.30. The van der Waals surface area contributed by atoms with Crippen molar-refractivity contribution in [2.24, 2.45) is 0 Å². The molecule has 0 aliphatic rings. The Morgan fingerprint density at radius 1 is 1.33 bits per heavy atom. The van der Waals surface area contributed by atoms with Crippen LogP contribution in [0.1, 0.15) is 34.1 Å². The molecule has 0 rings (SSSR count). The van der Waals surface area contributed by atoms with Crippen molar-refractivity contribution < 1.29 is 14.3 Å². The summed E-state index contributed by atoms with van der Waals surface area (Å²) in [7, 11) is 0. The van der Waals surface area contributed by atoms with Crippen LogP contribution in [0.2, 0.25) is 0 Å². The first-order valence-electron chi connectivity index (χ1n) is 5.44. The number of carbonyl (C=O) groups is 1. The van der Waals surface area contributed by atoms with Gasteiger partial charge in [0.2, 0.25) is 5.91 Å².